The zero-order valence-electron chi connectivity index (χ0n) is 10.4. The predicted octanol–water partition coefficient (Wildman–Crippen LogP) is 4.29. The maximum atomic E-state index is 9.75. The van der Waals surface area contributed by atoms with E-state index >= 15 is 0 Å². The Morgan fingerprint density at radius 2 is 0.864 bits per heavy atom. The Balaban J connectivity index is -0.0000000973. The Morgan fingerprint density at radius 3 is 0.909 bits per heavy atom. The third-order valence-corrected chi connectivity index (χ3v) is 1.10. The van der Waals surface area contributed by atoms with Crippen LogP contribution in [-0.2, 0) is 4.74 Å². The van der Waals surface area contributed by atoms with Gasteiger partial charge in [-0.1, -0.05) is 0 Å². The van der Waals surface area contributed by atoms with Gasteiger partial charge in [0.05, 0.1) is 0 Å². The molecule has 1 aliphatic carbocycles. The van der Waals surface area contributed by atoms with Crippen LogP contribution in [0.2, 0.25) is 0 Å². The third kappa shape index (κ3) is 190. The Labute approximate surface area is 140 Å². The first-order valence-electron chi connectivity index (χ1n) is 5.04. The van der Waals surface area contributed by atoms with Crippen LogP contribution in [0.1, 0.15) is 12.8 Å². The third-order valence-electron chi connectivity index (χ3n) is 1.10. The van der Waals surface area contributed by atoms with E-state index in [1.54, 1.807) is 7.11 Å². The quantitative estimate of drug-likeness (QED) is 0.520. The average molecular weight is 371 g/mol. The zero-order chi connectivity index (χ0) is 17.9. The standard InChI is InChI=1S/C5H10O.3BF4.Na.H/c1-6-4-5-2-3-5;3*2-1(3,4)5;;/h5H,2-4H2,1H3;;;;;/q;3*-1;;. The van der Waals surface area contributed by atoms with Crippen LogP contribution < -0.4 is 0 Å². The fraction of sp³-hybridized carbons (Fsp3) is 1.00. The second kappa shape index (κ2) is 13.7. The van der Waals surface area contributed by atoms with Crippen LogP contribution in [0, 0.1) is 5.92 Å². The van der Waals surface area contributed by atoms with Crippen LogP contribution in [0.25, 0.3) is 0 Å². The fourth-order valence-electron chi connectivity index (χ4n) is 0.520. The van der Waals surface area contributed by atoms with Crippen molar-refractivity contribution in [1.82, 2.24) is 0 Å². The summed E-state index contributed by atoms with van der Waals surface area (Å²) < 4.78 is 122. The molecule has 1 rings (SSSR count). The van der Waals surface area contributed by atoms with E-state index in [0.717, 1.165) is 12.5 Å². The van der Waals surface area contributed by atoms with E-state index in [4.69, 9.17) is 4.74 Å². The normalized spacial score (nSPS) is 14.0. The Hall–Kier alpha value is 0.315. The molecule has 0 aromatic heterocycles. The summed E-state index contributed by atoms with van der Waals surface area (Å²) in [4.78, 5) is 0. The van der Waals surface area contributed by atoms with Gasteiger partial charge in [-0.25, -0.2) is 0 Å². The summed E-state index contributed by atoms with van der Waals surface area (Å²) in [5.74, 6) is 0.926. The fourth-order valence-corrected chi connectivity index (χ4v) is 0.520. The van der Waals surface area contributed by atoms with Crippen LogP contribution in [-0.4, -0.2) is 65.0 Å². The summed E-state index contributed by atoms with van der Waals surface area (Å²) in [7, 11) is -16.2. The van der Waals surface area contributed by atoms with Gasteiger partial charge in [0, 0.05) is 13.7 Å². The Kier molecular flexibility index (Phi) is 18.9. The topological polar surface area (TPSA) is 9.23 Å². The van der Waals surface area contributed by atoms with Gasteiger partial charge in [-0.2, -0.15) is 0 Å². The molecule has 0 aromatic carbocycles. The molecule has 0 saturated heterocycles. The predicted molar refractivity (Wildman–Crippen MR) is 62.3 cm³/mol. The molecular formula is C5H11B3F12NaO-3. The molecule has 0 unspecified atom stereocenters. The molecule has 1 aliphatic rings. The van der Waals surface area contributed by atoms with Crippen LogP contribution in [0.15, 0.2) is 0 Å². The van der Waals surface area contributed by atoms with Crippen molar-refractivity contribution in [2.24, 2.45) is 5.92 Å². The average Bonchev–Trinajstić information content (AvgIpc) is 2.77. The van der Waals surface area contributed by atoms with Crippen molar-refractivity contribution in [3.8, 4) is 0 Å². The van der Waals surface area contributed by atoms with E-state index in [2.05, 4.69) is 0 Å². The Morgan fingerprint density at radius 1 is 0.682 bits per heavy atom. The minimum absolute atomic E-state index is 0. The van der Waals surface area contributed by atoms with E-state index in [1.807, 2.05) is 0 Å². The summed E-state index contributed by atoms with van der Waals surface area (Å²) in [6, 6.07) is 0. The first-order valence-corrected chi connectivity index (χ1v) is 5.04. The molecule has 0 aromatic rings. The zero-order valence-corrected chi connectivity index (χ0v) is 10.4. The van der Waals surface area contributed by atoms with Crippen LogP contribution >= 0.6 is 0 Å². The summed E-state index contributed by atoms with van der Waals surface area (Å²) in [6.45, 7) is 0.986. The van der Waals surface area contributed by atoms with Gasteiger partial charge >= 0.3 is 51.3 Å². The molecule has 1 nitrogen and oxygen atoms in total. The van der Waals surface area contributed by atoms with Crippen molar-refractivity contribution in [3.05, 3.63) is 0 Å². The summed E-state index contributed by atoms with van der Waals surface area (Å²) in [5.41, 5.74) is 0. The van der Waals surface area contributed by atoms with Crippen molar-refractivity contribution in [2.75, 3.05) is 13.7 Å². The van der Waals surface area contributed by atoms with Crippen molar-refractivity contribution >= 4 is 51.3 Å². The molecule has 0 atom stereocenters. The number of hydrogen-bond acceptors (Lipinski definition) is 1. The van der Waals surface area contributed by atoms with Crippen LogP contribution in [0.4, 0.5) is 51.8 Å². The first kappa shape index (κ1) is 30.2. The summed E-state index contributed by atoms with van der Waals surface area (Å²) >= 11 is 0. The molecule has 0 aliphatic heterocycles. The Bertz CT molecular complexity index is 192. The number of methoxy groups -OCH3 is 1. The molecule has 0 N–H and O–H groups in total. The molecule has 22 heavy (non-hydrogen) atoms. The van der Waals surface area contributed by atoms with Crippen molar-refractivity contribution in [2.45, 2.75) is 12.8 Å². The van der Waals surface area contributed by atoms with Crippen LogP contribution in [0.3, 0.4) is 0 Å². The minimum atomic E-state index is -6.00. The molecule has 0 amide bonds. The SMILES string of the molecule is COCC1CC1.F[B-](F)(F)F.F[B-](F)(F)F.F[B-](F)(F)F.[NaH]. The molecule has 0 bridgehead atoms. The molecule has 134 valence electrons. The van der Waals surface area contributed by atoms with Gasteiger partial charge < -0.3 is 56.5 Å². The number of rotatable bonds is 2. The van der Waals surface area contributed by atoms with E-state index in [1.165, 1.54) is 12.8 Å². The van der Waals surface area contributed by atoms with Gasteiger partial charge in [-0.3, -0.25) is 0 Å². The van der Waals surface area contributed by atoms with E-state index in [9.17, 15) is 51.8 Å². The first-order chi connectivity index (χ1) is 8.93. The number of halogens is 12. The van der Waals surface area contributed by atoms with Crippen molar-refractivity contribution < 1.29 is 56.5 Å². The van der Waals surface area contributed by atoms with Gasteiger partial charge in [0.25, 0.3) is 0 Å². The molecule has 17 heteroatoms. The summed E-state index contributed by atoms with van der Waals surface area (Å²) in [6.07, 6.45) is 2.79. The van der Waals surface area contributed by atoms with Gasteiger partial charge in [-0.05, 0) is 18.8 Å². The maximum absolute atomic E-state index is 9.75. The van der Waals surface area contributed by atoms with E-state index < -0.39 is 21.8 Å². The number of ether oxygens (including phenoxy) is 1. The molecule has 0 spiro atoms. The molecule has 0 heterocycles. The second-order valence-corrected chi connectivity index (χ2v) is 3.38. The van der Waals surface area contributed by atoms with Gasteiger partial charge in [0.15, 0.2) is 0 Å². The molecular weight excluding hydrogens is 359 g/mol. The van der Waals surface area contributed by atoms with E-state index in [0.29, 0.717) is 0 Å². The summed E-state index contributed by atoms with van der Waals surface area (Å²) in [5, 5.41) is 0. The molecule has 1 fully saturated rings. The molecule has 1 saturated carbocycles. The van der Waals surface area contributed by atoms with Gasteiger partial charge in [-0.15, -0.1) is 0 Å². The molecule has 0 radical (unpaired) electrons. The monoisotopic (exact) mass is 371 g/mol. The second-order valence-electron chi connectivity index (χ2n) is 3.38. The van der Waals surface area contributed by atoms with Crippen molar-refractivity contribution in [1.29, 1.82) is 0 Å². The number of hydrogen-bond donors (Lipinski definition) is 0. The van der Waals surface area contributed by atoms with Gasteiger partial charge in [0.1, 0.15) is 0 Å². The van der Waals surface area contributed by atoms with Crippen molar-refractivity contribution in [3.63, 3.8) is 0 Å². The van der Waals surface area contributed by atoms with E-state index in [-0.39, 0.29) is 29.6 Å². The van der Waals surface area contributed by atoms with Gasteiger partial charge in [0.2, 0.25) is 0 Å². The van der Waals surface area contributed by atoms with Crippen LogP contribution in [0.5, 0.6) is 0 Å².